The van der Waals surface area contributed by atoms with Crippen LogP contribution in [0.15, 0.2) is 58.2 Å². The van der Waals surface area contributed by atoms with Crippen LogP contribution in [0.5, 0.6) is 0 Å². The van der Waals surface area contributed by atoms with Gasteiger partial charge in [0.25, 0.3) is 5.91 Å². The highest BCUT2D eigenvalue weighted by molar-refractivity contribution is 7.98. The number of nitrogens with zero attached hydrogens (tertiary/aromatic N) is 4. The van der Waals surface area contributed by atoms with Crippen molar-refractivity contribution in [1.29, 1.82) is 0 Å². The molecule has 0 saturated carbocycles. The molecule has 3 heterocycles. The molecule has 0 aliphatic carbocycles. The topological polar surface area (TPSA) is 72.1 Å². The lowest BCUT2D eigenvalue weighted by Gasteiger charge is -2.37. The first-order chi connectivity index (χ1) is 12.3. The molecule has 3 aromatic rings. The zero-order valence-electron chi connectivity index (χ0n) is 13.6. The van der Waals surface area contributed by atoms with Crippen LogP contribution in [0.3, 0.4) is 0 Å². The van der Waals surface area contributed by atoms with E-state index in [2.05, 4.69) is 15.1 Å². The Hall–Kier alpha value is -2.67. The standard InChI is InChI=1S/C18H16N4O2S/c1-25-15-5-3-2-4-14(15)18(23)22-10-13(11-22)17-20-16(21-24-17)12-6-8-19-9-7-12/h2-9,13H,10-11H2,1H3. The summed E-state index contributed by atoms with van der Waals surface area (Å²) >= 11 is 1.58. The van der Waals surface area contributed by atoms with Crippen LogP contribution in [0.25, 0.3) is 11.4 Å². The van der Waals surface area contributed by atoms with Crippen molar-refractivity contribution in [3.05, 3.63) is 60.2 Å². The fraction of sp³-hybridized carbons (Fsp3) is 0.222. The second kappa shape index (κ2) is 6.68. The number of amides is 1. The predicted octanol–water partition coefficient (Wildman–Crippen LogP) is 3.09. The van der Waals surface area contributed by atoms with Crippen LogP contribution in [-0.4, -0.2) is 45.3 Å². The highest BCUT2D eigenvalue weighted by atomic mass is 32.2. The van der Waals surface area contributed by atoms with Crippen molar-refractivity contribution in [3.63, 3.8) is 0 Å². The van der Waals surface area contributed by atoms with Gasteiger partial charge in [-0.3, -0.25) is 9.78 Å². The normalized spacial score (nSPS) is 14.4. The molecule has 1 fully saturated rings. The Balaban J connectivity index is 1.44. The third kappa shape index (κ3) is 3.02. The molecule has 1 amide bonds. The number of rotatable bonds is 4. The minimum atomic E-state index is 0.0510. The second-order valence-electron chi connectivity index (χ2n) is 5.80. The molecule has 25 heavy (non-hydrogen) atoms. The fourth-order valence-electron chi connectivity index (χ4n) is 2.81. The molecule has 7 heteroatoms. The maximum absolute atomic E-state index is 12.6. The molecule has 0 N–H and O–H groups in total. The molecule has 0 atom stereocenters. The first-order valence-corrected chi connectivity index (χ1v) is 9.15. The van der Waals surface area contributed by atoms with Crippen LogP contribution < -0.4 is 0 Å². The number of hydrogen-bond acceptors (Lipinski definition) is 6. The average molecular weight is 352 g/mol. The minimum absolute atomic E-state index is 0.0510. The van der Waals surface area contributed by atoms with Crippen LogP contribution in [0.1, 0.15) is 22.2 Å². The molecular formula is C18H16N4O2S. The van der Waals surface area contributed by atoms with Gasteiger partial charge in [0.05, 0.1) is 11.5 Å². The highest BCUT2D eigenvalue weighted by Crippen LogP contribution is 2.30. The SMILES string of the molecule is CSc1ccccc1C(=O)N1CC(c2nc(-c3ccncc3)no2)C1. The van der Waals surface area contributed by atoms with Gasteiger partial charge < -0.3 is 9.42 Å². The van der Waals surface area contributed by atoms with E-state index in [0.29, 0.717) is 24.8 Å². The Morgan fingerprint density at radius 3 is 2.72 bits per heavy atom. The molecule has 0 bridgehead atoms. The molecule has 6 nitrogen and oxygen atoms in total. The van der Waals surface area contributed by atoms with Crippen LogP contribution in [0.4, 0.5) is 0 Å². The third-order valence-electron chi connectivity index (χ3n) is 4.24. The van der Waals surface area contributed by atoms with Crippen molar-refractivity contribution in [2.45, 2.75) is 10.8 Å². The Labute approximate surface area is 149 Å². The van der Waals surface area contributed by atoms with Crippen LogP contribution in [0, 0.1) is 0 Å². The summed E-state index contributed by atoms with van der Waals surface area (Å²) in [4.78, 5) is 23.9. The quantitative estimate of drug-likeness (QED) is 0.672. The molecule has 1 aromatic carbocycles. The number of carbonyl (C=O) groups excluding carboxylic acids is 1. The zero-order chi connectivity index (χ0) is 17.2. The van der Waals surface area contributed by atoms with Crippen LogP contribution >= 0.6 is 11.8 Å². The molecule has 126 valence electrons. The fourth-order valence-corrected chi connectivity index (χ4v) is 3.40. The maximum Gasteiger partial charge on any atom is 0.255 e. The van der Waals surface area contributed by atoms with Crippen molar-refractivity contribution in [2.24, 2.45) is 0 Å². The van der Waals surface area contributed by atoms with Gasteiger partial charge in [0.2, 0.25) is 11.7 Å². The summed E-state index contributed by atoms with van der Waals surface area (Å²) in [6, 6.07) is 11.4. The molecule has 0 unspecified atom stereocenters. The summed E-state index contributed by atoms with van der Waals surface area (Å²) in [6.07, 6.45) is 5.36. The Bertz CT molecular complexity index is 891. The number of carbonyl (C=O) groups is 1. The van der Waals surface area contributed by atoms with E-state index in [1.165, 1.54) is 0 Å². The van der Waals surface area contributed by atoms with Crippen molar-refractivity contribution >= 4 is 17.7 Å². The smallest absolute Gasteiger partial charge is 0.255 e. The maximum atomic E-state index is 12.6. The van der Waals surface area contributed by atoms with Gasteiger partial charge in [-0.2, -0.15) is 4.98 Å². The molecule has 0 radical (unpaired) electrons. The summed E-state index contributed by atoms with van der Waals surface area (Å²) in [6.45, 7) is 1.19. The van der Waals surface area contributed by atoms with E-state index < -0.39 is 0 Å². The first kappa shape index (κ1) is 15.8. The average Bonchev–Trinajstić information content (AvgIpc) is 3.10. The van der Waals surface area contributed by atoms with E-state index in [0.717, 1.165) is 16.0 Å². The molecule has 1 aliphatic rings. The number of aromatic nitrogens is 3. The molecule has 1 aliphatic heterocycles. The summed E-state index contributed by atoms with van der Waals surface area (Å²) in [5, 5.41) is 4.02. The van der Waals surface area contributed by atoms with Gasteiger partial charge in [-0.15, -0.1) is 11.8 Å². The van der Waals surface area contributed by atoms with E-state index in [-0.39, 0.29) is 11.8 Å². The Morgan fingerprint density at radius 2 is 1.96 bits per heavy atom. The number of thioether (sulfide) groups is 1. The van der Waals surface area contributed by atoms with Gasteiger partial charge in [-0.25, -0.2) is 0 Å². The predicted molar refractivity (Wildman–Crippen MR) is 94.4 cm³/mol. The van der Waals surface area contributed by atoms with Gasteiger partial charge in [-0.05, 0) is 30.5 Å². The highest BCUT2D eigenvalue weighted by Gasteiger charge is 2.36. The van der Waals surface area contributed by atoms with E-state index in [1.807, 2.05) is 47.6 Å². The van der Waals surface area contributed by atoms with E-state index in [4.69, 9.17) is 4.52 Å². The summed E-state index contributed by atoms with van der Waals surface area (Å²) in [7, 11) is 0. The first-order valence-electron chi connectivity index (χ1n) is 7.92. The second-order valence-corrected chi connectivity index (χ2v) is 6.65. The molecular weight excluding hydrogens is 336 g/mol. The van der Waals surface area contributed by atoms with Crippen molar-refractivity contribution < 1.29 is 9.32 Å². The monoisotopic (exact) mass is 352 g/mol. The van der Waals surface area contributed by atoms with Crippen LogP contribution in [0.2, 0.25) is 0 Å². The lowest BCUT2D eigenvalue weighted by molar-refractivity contribution is 0.0565. The molecule has 1 saturated heterocycles. The van der Waals surface area contributed by atoms with Crippen molar-refractivity contribution in [2.75, 3.05) is 19.3 Å². The van der Waals surface area contributed by atoms with Gasteiger partial charge >= 0.3 is 0 Å². The summed E-state index contributed by atoms with van der Waals surface area (Å²) < 4.78 is 5.38. The Kier molecular flexibility index (Phi) is 4.23. The van der Waals surface area contributed by atoms with Gasteiger partial charge in [0, 0.05) is 35.9 Å². The number of pyridine rings is 1. The molecule has 4 rings (SSSR count). The largest absolute Gasteiger partial charge is 0.339 e. The van der Waals surface area contributed by atoms with Crippen molar-refractivity contribution in [1.82, 2.24) is 20.0 Å². The zero-order valence-corrected chi connectivity index (χ0v) is 14.4. The minimum Gasteiger partial charge on any atom is -0.339 e. The van der Waals surface area contributed by atoms with Gasteiger partial charge in [-0.1, -0.05) is 17.3 Å². The third-order valence-corrected chi connectivity index (χ3v) is 5.03. The van der Waals surface area contributed by atoms with E-state index >= 15 is 0 Å². The number of likely N-dealkylation sites (tertiary alicyclic amines) is 1. The Morgan fingerprint density at radius 1 is 1.20 bits per heavy atom. The lowest BCUT2D eigenvalue weighted by Crippen LogP contribution is -2.48. The molecule has 2 aromatic heterocycles. The van der Waals surface area contributed by atoms with E-state index in [1.54, 1.807) is 24.2 Å². The molecule has 0 spiro atoms. The lowest BCUT2D eigenvalue weighted by atomic mass is 9.98. The van der Waals surface area contributed by atoms with Gasteiger partial charge in [0.15, 0.2) is 0 Å². The van der Waals surface area contributed by atoms with E-state index in [9.17, 15) is 4.79 Å². The summed E-state index contributed by atoms with van der Waals surface area (Å²) in [5.41, 5.74) is 1.61. The van der Waals surface area contributed by atoms with Gasteiger partial charge in [0.1, 0.15) is 0 Å². The summed E-state index contributed by atoms with van der Waals surface area (Å²) in [5.74, 6) is 1.27. The number of hydrogen-bond donors (Lipinski definition) is 0. The van der Waals surface area contributed by atoms with Crippen molar-refractivity contribution in [3.8, 4) is 11.4 Å². The van der Waals surface area contributed by atoms with Crippen LogP contribution in [-0.2, 0) is 0 Å². The number of benzene rings is 1.